The predicted octanol–water partition coefficient (Wildman–Crippen LogP) is 4.83. The molecule has 0 bridgehead atoms. The molecular weight excluding hydrogens is 344 g/mol. The average molecular weight is 371 g/mol. The Morgan fingerprint density at radius 2 is 1.86 bits per heavy atom. The second kappa shape index (κ2) is 6.38. The topological polar surface area (TPSA) is 25.4 Å². The Morgan fingerprint density at radius 1 is 1.24 bits per heavy atom. The molecule has 0 aromatic carbocycles. The molecular formula is C16H27BrN2OSi. The highest BCUT2D eigenvalue weighted by Crippen LogP contribution is 2.38. The van der Waals surface area contributed by atoms with Gasteiger partial charge in [0.25, 0.3) is 0 Å². The van der Waals surface area contributed by atoms with Crippen molar-refractivity contribution in [3.63, 3.8) is 0 Å². The third-order valence-electron chi connectivity index (χ3n) is 4.75. The lowest BCUT2D eigenvalue weighted by Crippen LogP contribution is -2.47. The van der Waals surface area contributed by atoms with Crippen molar-refractivity contribution >= 4 is 30.1 Å². The highest BCUT2D eigenvalue weighted by molar-refractivity contribution is 9.10. The standard InChI is InChI=1S/C16H27BrN2OSi/c1-16(2,3)21(4,5)20-14-8-10-19(11-9-14)15-7-6-13(17)12-18-15/h6-7,12,14H,8-11H2,1-5H3. The van der Waals surface area contributed by atoms with E-state index in [2.05, 4.69) is 71.8 Å². The van der Waals surface area contributed by atoms with Crippen LogP contribution in [0.3, 0.4) is 0 Å². The number of piperidine rings is 1. The van der Waals surface area contributed by atoms with Gasteiger partial charge in [-0.3, -0.25) is 0 Å². The molecule has 21 heavy (non-hydrogen) atoms. The lowest BCUT2D eigenvalue weighted by molar-refractivity contribution is 0.152. The van der Waals surface area contributed by atoms with Crippen LogP contribution >= 0.6 is 15.9 Å². The molecule has 0 unspecified atom stereocenters. The van der Waals surface area contributed by atoms with Gasteiger partial charge in [0.15, 0.2) is 8.32 Å². The Bertz CT molecular complexity index is 462. The van der Waals surface area contributed by atoms with Crippen molar-refractivity contribution in [2.75, 3.05) is 18.0 Å². The van der Waals surface area contributed by atoms with Crippen LogP contribution in [0.5, 0.6) is 0 Å². The van der Waals surface area contributed by atoms with Crippen molar-refractivity contribution in [1.82, 2.24) is 4.98 Å². The first-order valence-corrected chi connectivity index (χ1v) is 11.4. The van der Waals surface area contributed by atoms with E-state index in [9.17, 15) is 0 Å². The minimum Gasteiger partial charge on any atom is -0.414 e. The first-order chi connectivity index (χ1) is 9.69. The number of nitrogens with zero attached hydrogens (tertiary/aromatic N) is 2. The van der Waals surface area contributed by atoms with Crippen LogP contribution in [0.2, 0.25) is 18.1 Å². The molecule has 0 spiro atoms. The van der Waals surface area contributed by atoms with E-state index in [1.807, 2.05) is 6.20 Å². The summed E-state index contributed by atoms with van der Waals surface area (Å²) in [6, 6.07) is 4.14. The largest absolute Gasteiger partial charge is 0.414 e. The van der Waals surface area contributed by atoms with Gasteiger partial charge in [-0.05, 0) is 59.0 Å². The smallest absolute Gasteiger partial charge is 0.192 e. The molecule has 1 saturated heterocycles. The van der Waals surface area contributed by atoms with Gasteiger partial charge in [-0.1, -0.05) is 20.8 Å². The number of aromatic nitrogens is 1. The second-order valence-corrected chi connectivity index (χ2v) is 13.1. The van der Waals surface area contributed by atoms with Crippen molar-refractivity contribution < 1.29 is 4.43 Å². The first kappa shape index (κ1) is 17.0. The summed E-state index contributed by atoms with van der Waals surface area (Å²) < 4.78 is 7.56. The number of rotatable bonds is 3. The van der Waals surface area contributed by atoms with E-state index < -0.39 is 8.32 Å². The van der Waals surface area contributed by atoms with Gasteiger partial charge in [-0.25, -0.2) is 4.98 Å². The highest BCUT2D eigenvalue weighted by Gasteiger charge is 2.39. The molecule has 1 fully saturated rings. The van der Waals surface area contributed by atoms with Crippen molar-refractivity contribution in [2.45, 2.75) is 57.8 Å². The van der Waals surface area contributed by atoms with Crippen LogP contribution in [-0.2, 0) is 4.43 Å². The molecule has 0 N–H and O–H groups in total. The molecule has 0 radical (unpaired) electrons. The van der Waals surface area contributed by atoms with Gasteiger partial charge >= 0.3 is 0 Å². The summed E-state index contributed by atoms with van der Waals surface area (Å²) in [6.07, 6.45) is 4.49. The summed E-state index contributed by atoms with van der Waals surface area (Å²) in [5, 5.41) is 0.289. The van der Waals surface area contributed by atoms with Gasteiger partial charge in [0.1, 0.15) is 5.82 Å². The zero-order valence-corrected chi connectivity index (χ0v) is 16.4. The fourth-order valence-electron chi connectivity index (χ4n) is 2.35. The Kier molecular flexibility index (Phi) is 5.16. The van der Waals surface area contributed by atoms with Crippen molar-refractivity contribution in [3.05, 3.63) is 22.8 Å². The van der Waals surface area contributed by atoms with Crippen molar-refractivity contribution in [1.29, 1.82) is 0 Å². The van der Waals surface area contributed by atoms with E-state index in [0.29, 0.717) is 6.10 Å². The minimum atomic E-state index is -1.64. The van der Waals surface area contributed by atoms with Crippen molar-refractivity contribution in [2.24, 2.45) is 0 Å². The molecule has 0 saturated carbocycles. The van der Waals surface area contributed by atoms with Crippen LogP contribution in [0.1, 0.15) is 33.6 Å². The molecule has 2 rings (SSSR count). The van der Waals surface area contributed by atoms with Gasteiger partial charge < -0.3 is 9.33 Å². The molecule has 0 amide bonds. The SMILES string of the molecule is CC(C)(C)[Si](C)(C)OC1CCN(c2ccc(Br)cn2)CC1. The van der Waals surface area contributed by atoms with Gasteiger partial charge in [0.05, 0.1) is 0 Å². The molecule has 5 heteroatoms. The van der Waals surface area contributed by atoms with Gasteiger partial charge in [0, 0.05) is 29.9 Å². The fourth-order valence-corrected chi connectivity index (χ4v) is 4.01. The van der Waals surface area contributed by atoms with Crippen LogP contribution in [0.15, 0.2) is 22.8 Å². The summed E-state index contributed by atoms with van der Waals surface area (Å²) >= 11 is 3.43. The van der Waals surface area contributed by atoms with E-state index in [-0.39, 0.29) is 5.04 Å². The maximum atomic E-state index is 6.53. The molecule has 0 aliphatic carbocycles. The Hall–Kier alpha value is -0.393. The maximum Gasteiger partial charge on any atom is 0.192 e. The third kappa shape index (κ3) is 4.30. The lowest BCUT2D eigenvalue weighted by Gasteiger charge is -2.42. The summed E-state index contributed by atoms with van der Waals surface area (Å²) in [4.78, 5) is 6.85. The van der Waals surface area contributed by atoms with E-state index in [1.165, 1.54) is 0 Å². The quantitative estimate of drug-likeness (QED) is 0.712. The zero-order valence-electron chi connectivity index (χ0n) is 13.8. The zero-order chi connectivity index (χ0) is 15.7. The molecule has 0 atom stereocenters. The minimum absolute atomic E-state index is 0.289. The second-order valence-electron chi connectivity index (χ2n) is 7.40. The molecule has 2 heterocycles. The molecule has 1 aliphatic heterocycles. The van der Waals surface area contributed by atoms with Gasteiger partial charge in [0.2, 0.25) is 0 Å². The normalized spacial score (nSPS) is 18.1. The van der Waals surface area contributed by atoms with Crippen LogP contribution < -0.4 is 4.90 Å². The first-order valence-electron chi connectivity index (χ1n) is 7.73. The lowest BCUT2D eigenvalue weighted by atomic mass is 10.1. The van der Waals surface area contributed by atoms with E-state index in [1.54, 1.807) is 0 Å². The molecule has 1 aromatic rings. The van der Waals surface area contributed by atoms with E-state index in [0.717, 1.165) is 36.2 Å². The number of hydrogen-bond acceptors (Lipinski definition) is 3. The maximum absolute atomic E-state index is 6.53. The molecule has 1 aromatic heterocycles. The Morgan fingerprint density at radius 3 is 2.33 bits per heavy atom. The fraction of sp³-hybridized carbons (Fsp3) is 0.688. The Balaban J connectivity index is 1.90. The summed E-state index contributed by atoms with van der Waals surface area (Å²) in [6.45, 7) is 13.7. The van der Waals surface area contributed by atoms with E-state index >= 15 is 0 Å². The molecule has 3 nitrogen and oxygen atoms in total. The van der Waals surface area contributed by atoms with Crippen molar-refractivity contribution in [3.8, 4) is 0 Å². The summed E-state index contributed by atoms with van der Waals surface area (Å²) in [5.74, 6) is 1.07. The number of halogens is 1. The van der Waals surface area contributed by atoms with Crippen LogP contribution in [-0.4, -0.2) is 32.5 Å². The number of pyridine rings is 1. The van der Waals surface area contributed by atoms with Gasteiger partial charge in [-0.15, -0.1) is 0 Å². The van der Waals surface area contributed by atoms with Crippen LogP contribution in [0.4, 0.5) is 5.82 Å². The number of anilines is 1. The highest BCUT2D eigenvalue weighted by atomic mass is 79.9. The monoisotopic (exact) mass is 370 g/mol. The number of hydrogen-bond donors (Lipinski definition) is 0. The predicted molar refractivity (Wildman–Crippen MR) is 95.5 cm³/mol. The van der Waals surface area contributed by atoms with E-state index in [4.69, 9.17) is 4.43 Å². The molecule has 1 aliphatic rings. The van der Waals surface area contributed by atoms with Crippen LogP contribution in [0.25, 0.3) is 0 Å². The third-order valence-corrected chi connectivity index (χ3v) is 9.75. The molecule has 118 valence electrons. The van der Waals surface area contributed by atoms with Gasteiger partial charge in [-0.2, -0.15) is 0 Å². The summed E-state index contributed by atoms with van der Waals surface area (Å²) in [5.41, 5.74) is 0. The average Bonchev–Trinajstić information content (AvgIpc) is 2.39. The Labute approximate surface area is 138 Å². The summed E-state index contributed by atoms with van der Waals surface area (Å²) in [7, 11) is -1.64. The van der Waals surface area contributed by atoms with Crippen LogP contribution in [0, 0.1) is 0 Å².